The molecule has 4 rings (SSSR count). The maximum atomic E-state index is 13.3. The van der Waals surface area contributed by atoms with Gasteiger partial charge in [0.05, 0.1) is 50.7 Å². The fraction of sp³-hybridized carbons (Fsp3) is 0.892. The van der Waals surface area contributed by atoms with Crippen LogP contribution in [0, 0.1) is 0 Å². The van der Waals surface area contributed by atoms with Crippen LogP contribution in [0.25, 0.3) is 10.4 Å². The zero-order valence-corrected chi connectivity index (χ0v) is 36.9. The van der Waals surface area contributed by atoms with Gasteiger partial charge in [0.2, 0.25) is 11.8 Å². The number of aliphatic hydroxyl groups excluding tert-OH is 13. The first-order chi connectivity index (χ1) is 32.5. The van der Waals surface area contributed by atoms with Crippen LogP contribution in [0.4, 0.5) is 0 Å². The molecule has 4 saturated heterocycles. The lowest BCUT2D eigenvalue weighted by molar-refractivity contribution is -0.388. The zero-order valence-electron chi connectivity index (χ0n) is 36.9. The third-order valence-corrected chi connectivity index (χ3v) is 11.7. The molecule has 0 aromatic heterocycles. The first-order valence-electron chi connectivity index (χ1n) is 21.3. The third kappa shape index (κ3) is 13.3. The van der Waals surface area contributed by atoms with Crippen molar-refractivity contribution in [3.05, 3.63) is 10.4 Å². The van der Waals surface area contributed by atoms with Gasteiger partial charge in [-0.15, -0.1) is 0 Å². The molecule has 0 aliphatic carbocycles. The second-order valence-corrected chi connectivity index (χ2v) is 16.6. The molecular weight excluding hydrogens is 946 g/mol. The number of amides is 2. The van der Waals surface area contributed by atoms with E-state index in [0.29, 0.717) is 0 Å². The highest BCUT2D eigenvalue weighted by atomic mass is 16.8. The average Bonchev–Trinajstić information content (AvgIpc) is 3.30. The lowest BCUT2D eigenvalue weighted by Crippen LogP contribution is -2.72. The van der Waals surface area contributed by atoms with Crippen LogP contribution >= 0.6 is 0 Å². The van der Waals surface area contributed by atoms with Gasteiger partial charge < -0.3 is 125 Å². The lowest BCUT2D eigenvalue weighted by atomic mass is 9.87. The Balaban J connectivity index is 1.67. The summed E-state index contributed by atoms with van der Waals surface area (Å²) >= 11 is 0. The number of nitrogens with zero attached hydrogens (tertiary/aromatic N) is 3. The van der Waals surface area contributed by atoms with Crippen LogP contribution in [0.3, 0.4) is 0 Å². The van der Waals surface area contributed by atoms with E-state index >= 15 is 0 Å². The van der Waals surface area contributed by atoms with E-state index in [1.807, 2.05) is 0 Å². The second-order valence-electron chi connectivity index (χ2n) is 16.6. The molecule has 32 heteroatoms. The fourth-order valence-corrected chi connectivity index (χ4v) is 8.26. The summed E-state index contributed by atoms with van der Waals surface area (Å²) < 4.78 is 44.7. The largest absolute Gasteiger partial charge is 0.477 e. The molecule has 4 fully saturated rings. The Bertz CT molecular complexity index is 1770. The van der Waals surface area contributed by atoms with Crippen molar-refractivity contribution in [1.29, 1.82) is 0 Å². The Morgan fingerprint density at radius 2 is 1.26 bits per heavy atom. The summed E-state index contributed by atoms with van der Waals surface area (Å²) in [7, 11) is 0. The van der Waals surface area contributed by atoms with Crippen LogP contribution in [-0.4, -0.2) is 274 Å². The van der Waals surface area contributed by atoms with Gasteiger partial charge in [0.1, 0.15) is 85.5 Å². The highest BCUT2D eigenvalue weighted by Crippen LogP contribution is 2.40. The number of carbonyl (C=O) groups is 4. The van der Waals surface area contributed by atoms with Gasteiger partial charge >= 0.3 is 11.9 Å². The van der Waals surface area contributed by atoms with Gasteiger partial charge in [-0.1, -0.05) is 5.11 Å². The van der Waals surface area contributed by atoms with Gasteiger partial charge in [-0.2, -0.15) is 0 Å². The number of carboxylic acid groups (broad SMARTS) is 2. The molecular formula is C37H61N5O27. The highest BCUT2D eigenvalue weighted by Gasteiger charge is 2.62. The highest BCUT2D eigenvalue weighted by molar-refractivity contribution is 5.77. The molecule has 69 heavy (non-hydrogen) atoms. The van der Waals surface area contributed by atoms with E-state index in [-0.39, 0.29) is 19.6 Å². The van der Waals surface area contributed by atoms with Gasteiger partial charge in [-0.25, -0.2) is 9.59 Å². The Kier molecular flexibility index (Phi) is 21.1. The summed E-state index contributed by atoms with van der Waals surface area (Å²) in [5.41, 5.74) is 8.45. The van der Waals surface area contributed by atoms with Gasteiger partial charge in [0.25, 0.3) is 11.6 Å². The summed E-state index contributed by atoms with van der Waals surface area (Å²) in [6, 6.07) is -3.58. The van der Waals surface area contributed by atoms with Crippen LogP contribution in [0.15, 0.2) is 5.11 Å². The van der Waals surface area contributed by atoms with E-state index in [1.165, 1.54) is 0 Å². The number of nitrogens with one attached hydrogen (secondary N) is 2. The van der Waals surface area contributed by atoms with Crippen molar-refractivity contribution in [3.8, 4) is 0 Å². The summed E-state index contributed by atoms with van der Waals surface area (Å²) in [5.74, 6) is -12.7. The molecule has 0 saturated carbocycles. The maximum absolute atomic E-state index is 13.3. The number of aliphatic hydroxyl groups is 13. The maximum Gasteiger partial charge on any atom is 0.364 e. The van der Waals surface area contributed by atoms with Crippen molar-refractivity contribution in [1.82, 2.24) is 10.6 Å². The van der Waals surface area contributed by atoms with Crippen molar-refractivity contribution in [3.63, 3.8) is 0 Å². The molecule has 396 valence electrons. The fourth-order valence-electron chi connectivity index (χ4n) is 8.26. The van der Waals surface area contributed by atoms with Crippen molar-refractivity contribution >= 4 is 23.8 Å². The average molecular weight is 1010 g/mol. The predicted molar refractivity (Wildman–Crippen MR) is 214 cm³/mol. The molecule has 0 aromatic carbocycles. The van der Waals surface area contributed by atoms with Crippen molar-refractivity contribution in [2.75, 3.05) is 39.6 Å². The quantitative estimate of drug-likeness (QED) is 0.0196. The van der Waals surface area contributed by atoms with Gasteiger partial charge in [-0.3, -0.25) is 9.59 Å². The molecule has 22 atom stereocenters. The normalized spacial score (nSPS) is 40.0. The number of hydrogen-bond acceptors (Lipinski definition) is 26. The topological polar surface area (TPSA) is 518 Å². The van der Waals surface area contributed by atoms with Gasteiger partial charge in [0.15, 0.2) is 12.6 Å². The summed E-state index contributed by atoms with van der Waals surface area (Å²) in [4.78, 5) is 53.1. The molecule has 18 unspecified atom stereocenters. The number of azide groups is 1. The van der Waals surface area contributed by atoms with E-state index in [0.717, 1.165) is 13.8 Å². The van der Waals surface area contributed by atoms with Crippen molar-refractivity contribution < 1.29 is 134 Å². The Morgan fingerprint density at radius 1 is 0.725 bits per heavy atom. The Morgan fingerprint density at radius 3 is 1.77 bits per heavy atom. The molecule has 0 spiro atoms. The minimum absolute atomic E-state index is 0.00201. The number of hydrogen-bond donors (Lipinski definition) is 17. The number of ether oxygens (including phenoxy) is 8. The lowest BCUT2D eigenvalue weighted by Gasteiger charge is -2.51. The molecule has 17 N–H and O–H groups in total. The molecule has 4 aliphatic rings. The van der Waals surface area contributed by atoms with Crippen molar-refractivity contribution in [2.45, 2.75) is 167 Å². The molecule has 0 aromatic rings. The third-order valence-electron chi connectivity index (χ3n) is 11.7. The van der Waals surface area contributed by atoms with E-state index in [1.54, 1.807) is 0 Å². The van der Waals surface area contributed by atoms with E-state index in [4.69, 9.17) is 43.4 Å². The van der Waals surface area contributed by atoms with Crippen LogP contribution in [-0.2, 0) is 57.1 Å². The first kappa shape index (κ1) is 57.9. The SMILES string of the molecule is CC(=O)NC1C(O)CC(O[C@H](CO)[C@@H](O)C2OC(OC3C(O)C(CO)OC(OC4C(CO)OC(OCCCN=[N+]=[N-])C(O)C4O)C3O)(C(=O)O)CC(O)C2NC(C)=O)(C(=O)O)OC1[C@H](O)[C@H](O)CO. The number of carbonyl (C=O) groups excluding carboxylic acids is 2. The van der Waals surface area contributed by atoms with Gasteiger partial charge in [-0.05, 0) is 12.0 Å². The Hall–Kier alpha value is -3.65. The number of carboxylic acids is 2. The van der Waals surface area contributed by atoms with Crippen LogP contribution in [0.1, 0.15) is 33.1 Å². The predicted octanol–water partition coefficient (Wildman–Crippen LogP) is -9.32. The van der Waals surface area contributed by atoms with E-state index < -0.39 is 197 Å². The van der Waals surface area contributed by atoms with Crippen LogP contribution in [0.5, 0.6) is 0 Å². The first-order valence-corrected chi connectivity index (χ1v) is 21.3. The summed E-state index contributed by atoms with van der Waals surface area (Å²) in [5, 5.41) is 169. The molecule has 4 heterocycles. The summed E-state index contributed by atoms with van der Waals surface area (Å²) in [6.07, 6.45) is -40.0. The number of aliphatic carboxylic acids is 2. The standard InChI is InChI=1S/C37H61N5O27/c1-12(47)40-20-14(49)6-36(34(58)59,67-29(20)22(52)16(51)8-43)66-18(10-45)24(54)30-21(41-13(2)48)15(50)7-37(68-30,35(60)61)69-31-23(53)17(9-44)63-33(27(31)57)65-28-19(11-46)64-32(26(56)25(28)55)62-5-3-4-39-42-38/h14-33,43-46,49-57H,3-11H2,1-2H3,(H,40,47)(H,41,48)(H,58,59)(H,60,61)/t14?,15?,16-,17?,18-,19?,20?,21?,22-,23?,24-,25?,26?,27?,28?,29?,30?,31?,32?,33?,36?,37?/m1/s1. The van der Waals surface area contributed by atoms with Crippen molar-refractivity contribution in [2.24, 2.45) is 5.11 Å². The molecule has 32 nitrogen and oxygen atoms in total. The minimum Gasteiger partial charge on any atom is -0.477 e. The van der Waals surface area contributed by atoms with E-state index in [2.05, 4.69) is 20.7 Å². The summed E-state index contributed by atoms with van der Waals surface area (Å²) in [6.45, 7) is -2.89. The monoisotopic (exact) mass is 1010 g/mol. The molecule has 0 radical (unpaired) electrons. The van der Waals surface area contributed by atoms with Gasteiger partial charge in [0, 0.05) is 44.8 Å². The molecule has 4 aliphatic heterocycles. The van der Waals surface area contributed by atoms with Crippen LogP contribution < -0.4 is 10.6 Å². The van der Waals surface area contributed by atoms with E-state index in [9.17, 15) is 95.8 Å². The molecule has 2 amide bonds. The number of rotatable bonds is 23. The smallest absolute Gasteiger partial charge is 0.364 e. The Labute approximate surface area is 390 Å². The minimum atomic E-state index is -3.35. The van der Waals surface area contributed by atoms with Crippen LogP contribution in [0.2, 0.25) is 0 Å². The molecule has 0 bridgehead atoms. The second kappa shape index (κ2) is 25.1. The zero-order chi connectivity index (χ0) is 51.7.